The summed E-state index contributed by atoms with van der Waals surface area (Å²) in [4.78, 5) is 4.31. The molecule has 0 radical (unpaired) electrons. The van der Waals surface area contributed by atoms with E-state index in [1.807, 2.05) is 28.8 Å². The molecule has 0 atom stereocenters. The van der Waals surface area contributed by atoms with E-state index in [4.69, 9.17) is 10.5 Å². The first kappa shape index (κ1) is 13.1. The van der Waals surface area contributed by atoms with Gasteiger partial charge in [-0.1, -0.05) is 31.8 Å². The molecule has 0 spiro atoms. The zero-order chi connectivity index (χ0) is 13.2. The Balaban J connectivity index is 2.01. The van der Waals surface area contributed by atoms with Crippen LogP contribution in [0.5, 0.6) is 0 Å². The third kappa shape index (κ3) is 3.11. The van der Waals surface area contributed by atoms with E-state index in [0.29, 0.717) is 12.7 Å². The minimum Gasteiger partial charge on any atom is -0.369 e. The number of nitrogen functional groups attached to an aromatic ring is 1. The van der Waals surface area contributed by atoms with Crippen molar-refractivity contribution in [3.63, 3.8) is 0 Å². The Kier molecular flexibility index (Phi) is 3.73. The molecule has 0 aliphatic rings. The maximum absolute atomic E-state index is 5.90. The van der Waals surface area contributed by atoms with Crippen LogP contribution in [0.1, 0.15) is 0 Å². The lowest BCUT2D eigenvalue weighted by Gasteiger charge is -2.15. The predicted molar refractivity (Wildman–Crippen MR) is 78.3 cm³/mol. The third-order valence-corrected chi connectivity index (χ3v) is 4.60. The van der Waals surface area contributed by atoms with Gasteiger partial charge < -0.3 is 10.5 Å². The monoisotopic (exact) mass is 263 g/mol. The van der Waals surface area contributed by atoms with Crippen molar-refractivity contribution in [1.82, 2.24) is 9.55 Å². The van der Waals surface area contributed by atoms with Crippen LogP contribution >= 0.6 is 0 Å². The molecule has 98 valence electrons. The van der Waals surface area contributed by atoms with Gasteiger partial charge in [0.15, 0.2) is 0 Å². The number of imidazole rings is 1. The zero-order valence-corrected chi connectivity index (χ0v) is 12.3. The fraction of sp³-hybridized carbons (Fsp3) is 0.462. The molecule has 1 aromatic carbocycles. The number of nitrogens with two attached hydrogens (primary N) is 1. The maximum Gasteiger partial charge on any atom is 0.203 e. The highest BCUT2D eigenvalue weighted by Gasteiger charge is 2.12. The highest BCUT2D eigenvalue weighted by atomic mass is 28.3. The SMILES string of the molecule is C[Si](C)(C)CCOCn1c(N)nc2ccccc21. The summed E-state index contributed by atoms with van der Waals surface area (Å²) in [6, 6.07) is 9.09. The maximum atomic E-state index is 5.90. The van der Waals surface area contributed by atoms with Gasteiger partial charge in [-0.2, -0.15) is 0 Å². The van der Waals surface area contributed by atoms with Crippen LogP contribution in [0.25, 0.3) is 11.0 Å². The fourth-order valence-electron chi connectivity index (χ4n) is 1.76. The summed E-state index contributed by atoms with van der Waals surface area (Å²) in [5.74, 6) is 0.518. The zero-order valence-electron chi connectivity index (χ0n) is 11.3. The number of anilines is 1. The topological polar surface area (TPSA) is 53.1 Å². The Hall–Kier alpha value is -1.33. The number of hydrogen-bond acceptors (Lipinski definition) is 3. The summed E-state index contributed by atoms with van der Waals surface area (Å²) >= 11 is 0. The number of rotatable bonds is 5. The van der Waals surface area contributed by atoms with Gasteiger partial charge in [0, 0.05) is 14.7 Å². The molecule has 4 nitrogen and oxygen atoms in total. The largest absolute Gasteiger partial charge is 0.369 e. The lowest BCUT2D eigenvalue weighted by molar-refractivity contribution is 0.0913. The van der Waals surface area contributed by atoms with Gasteiger partial charge in [0.05, 0.1) is 11.0 Å². The molecule has 5 heteroatoms. The molecule has 0 saturated carbocycles. The van der Waals surface area contributed by atoms with E-state index in [1.165, 1.54) is 6.04 Å². The van der Waals surface area contributed by atoms with Crippen LogP contribution in [-0.4, -0.2) is 24.2 Å². The van der Waals surface area contributed by atoms with Crippen LogP contribution in [0.4, 0.5) is 5.95 Å². The average molecular weight is 263 g/mol. The molecule has 2 rings (SSSR count). The van der Waals surface area contributed by atoms with Gasteiger partial charge >= 0.3 is 0 Å². The summed E-state index contributed by atoms with van der Waals surface area (Å²) in [5.41, 5.74) is 7.85. The van der Waals surface area contributed by atoms with E-state index in [0.717, 1.165) is 17.6 Å². The number of ether oxygens (including phenoxy) is 1. The van der Waals surface area contributed by atoms with Crippen LogP contribution in [0.2, 0.25) is 25.7 Å². The van der Waals surface area contributed by atoms with E-state index < -0.39 is 8.07 Å². The Morgan fingerprint density at radius 2 is 2.00 bits per heavy atom. The second-order valence-corrected chi connectivity index (χ2v) is 11.4. The lowest BCUT2D eigenvalue weighted by Crippen LogP contribution is -2.22. The van der Waals surface area contributed by atoms with Crippen molar-refractivity contribution in [3.8, 4) is 0 Å². The van der Waals surface area contributed by atoms with Crippen molar-refractivity contribution >= 4 is 25.1 Å². The Labute approximate surface area is 109 Å². The van der Waals surface area contributed by atoms with Gasteiger partial charge in [-0.3, -0.25) is 4.57 Å². The lowest BCUT2D eigenvalue weighted by atomic mass is 10.3. The normalized spacial score (nSPS) is 12.2. The van der Waals surface area contributed by atoms with E-state index in [-0.39, 0.29) is 0 Å². The van der Waals surface area contributed by atoms with Crippen molar-refractivity contribution in [2.75, 3.05) is 12.3 Å². The Bertz CT molecular complexity index is 531. The minimum absolute atomic E-state index is 0.483. The summed E-state index contributed by atoms with van der Waals surface area (Å²) in [7, 11) is -1.03. The van der Waals surface area contributed by atoms with Crippen LogP contribution in [0, 0.1) is 0 Å². The molecule has 1 aromatic heterocycles. The average Bonchev–Trinajstić information content (AvgIpc) is 2.59. The first-order chi connectivity index (χ1) is 8.47. The van der Waals surface area contributed by atoms with Gasteiger partial charge in [0.25, 0.3) is 0 Å². The molecule has 0 amide bonds. The van der Waals surface area contributed by atoms with Gasteiger partial charge in [-0.15, -0.1) is 0 Å². The number of benzene rings is 1. The predicted octanol–water partition coefficient (Wildman–Crippen LogP) is 2.93. The van der Waals surface area contributed by atoms with E-state index in [1.54, 1.807) is 0 Å². The van der Waals surface area contributed by atoms with Crippen molar-refractivity contribution < 1.29 is 4.74 Å². The molecule has 2 N–H and O–H groups in total. The third-order valence-electron chi connectivity index (χ3n) is 2.90. The van der Waals surface area contributed by atoms with Gasteiger partial charge in [-0.25, -0.2) is 4.98 Å². The Morgan fingerprint density at radius 3 is 2.72 bits per heavy atom. The molecular weight excluding hydrogens is 242 g/mol. The first-order valence-corrected chi connectivity index (χ1v) is 9.96. The highest BCUT2D eigenvalue weighted by molar-refractivity contribution is 6.76. The van der Waals surface area contributed by atoms with Crippen LogP contribution in [0.3, 0.4) is 0 Å². The smallest absolute Gasteiger partial charge is 0.203 e. The van der Waals surface area contributed by atoms with Crippen molar-refractivity contribution in [3.05, 3.63) is 24.3 Å². The van der Waals surface area contributed by atoms with Crippen molar-refractivity contribution in [2.45, 2.75) is 32.4 Å². The molecule has 0 unspecified atom stereocenters. The minimum atomic E-state index is -1.03. The molecule has 0 aliphatic heterocycles. The summed E-state index contributed by atoms with van der Waals surface area (Å²) < 4.78 is 7.64. The molecule has 0 saturated heterocycles. The van der Waals surface area contributed by atoms with Gasteiger partial charge in [0.2, 0.25) is 5.95 Å². The summed E-state index contributed by atoms with van der Waals surface area (Å²) in [6.07, 6.45) is 0. The van der Waals surface area contributed by atoms with Crippen LogP contribution < -0.4 is 5.73 Å². The van der Waals surface area contributed by atoms with E-state index in [2.05, 4.69) is 24.6 Å². The molecule has 2 aromatic rings. The number of fused-ring (bicyclic) bond motifs is 1. The molecule has 18 heavy (non-hydrogen) atoms. The Morgan fingerprint density at radius 1 is 1.28 bits per heavy atom. The number of nitrogens with zero attached hydrogens (tertiary/aromatic N) is 2. The molecule has 0 fully saturated rings. The first-order valence-electron chi connectivity index (χ1n) is 6.26. The van der Waals surface area contributed by atoms with Crippen molar-refractivity contribution in [2.24, 2.45) is 0 Å². The van der Waals surface area contributed by atoms with Crippen LogP contribution in [-0.2, 0) is 11.5 Å². The number of para-hydroxylation sites is 2. The number of aromatic nitrogens is 2. The van der Waals surface area contributed by atoms with Crippen LogP contribution in [0.15, 0.2) is 24.3 Å². The number of hydrogen-bond donors (Lipinski definition) is 1. The fourth-order valence-corrected chi connectivity index (χ4v) is 2.52. The quantitative estimate of drug-likeness (QED) is 0.666. The second-order valence-electron chi connectivity index (χ2n) is 5.73. The van der Waals surface area contributed by atoms with E-state index >= 15 is 0 Å². The summed E-state index contributed by atoms with van der Waals surface area (Å²) in [5, 5.41) is 0. The van der Waals surface area contributed by atoms with E-state index in [9.17, 15) is 0 Å². The molecular formula is C13H21N3OSi. The summed E-state index contributed by atoms with van der Waals surface area (Å²) in [6.45, 7) is 8.31. The van der Waals surface area contributed by atoms with Gasteiger partial charge in [-0.05, 0) is 18.2 Å². The standard InChI is InChI=1S/C13H21N3OSi/c1-18(2,3)9-8-17-10-16-12-7-5-4-6-11(12)15-13(16)14/h4-7H,8-10H2,1-3H3,(H2,14,15). The molecule has 0 bridgehead atoms. The highest BCUT2D eigenvalue weighted by Crippen LogP contribution is 2.17. The molecule has 1 heterocycles. The second kappa shape index (κ2) is 5.12. The molecule has 0 aliphatic carbocycles. The van der Waals surface area contributed by atoms with Crippen molar-refractivity contribution in [1.29, 1.82) is 0 Å². The van der Waals surface area contributed by atoms with Gasteiger partial charge in [0.1, 0.15) is 6.73 Å².